The molecule has 1 aromatic heterocycles. The molecule has 1 saturated carbocycles. The van der Waals surface area contributed by atoms with Gasteiger partial charge in [0.05, 0.1) is 11.5 Å². The Morgan fingerprint density at radius 3 is 2.60 bits per heavy atom. The molecular formula is C24H31NO4S. The second-order valence-electron chi connectivity index (χ2n) is 9.38. The molecule has 6 heteroatoms. The van der Waals surface area contributed by atoms with E-state index in [9.17, 15) is 9.90 Å². The Kier molecular flexibility index (Phi) is 5.45. The number of ether oxygens (including phenoxy) is 1. The lowest BCUT2D eigenvalue weighted by Crippen LogP contribution is -2.23. The molecule has 5 nitrogen and oxygen atoms in total. The van der Waals surface area contributed by atoms with Crippen molar-refractivity contribution >= 4 is 17.2 Å². The molecule has 2 aliphatic carbocycles. The van der Waals surface area contributed by atoms with Crippen LogP contribution in [0.1, 0.15) is 62.1 Å². The number of hydrogen-bond donors (Lipinski definition) is 3. The molecular weight excluding hydrogens is 398 g/mol. The number of thiophene rings is 1. The molecule has 0 aliphatic heterocycles. The third kappa shape index (κ3) is 3.55. The summed E-state index contributed by atoms with van der Waals surface area (Å²) in [5.74, 6) is 2.06. The Morgan fingerprint density at radius 2 is 1.97 bits per heavy atom. The van der Waals surface area contributed by atoms with Gasteiger partial charge in [0.15, 0.2) is 0 Å². The van der Waals surface area contributed by atoms with E-state index in [1.807, 2.05) is 26.0 Å². The van der Waals surface area contributed by atoms with Gasteiger partial charge in [-0.2, -0.15) is 0 Å². The van der Waals surface area contributed by atoms with Crippen molar-refractivity contribution in [2.75, 3.05) is 13.2 Å². The van der Waals surface area contributed by atoms with Crippen LogP contribution in [-0.2, 0) is 13.0 Å². The first-order chi connectivity index (χ1) is 14.1. The van der Waals surface area contributed by atoms with Crippen LogP contribution in [0.15, 0.2) is 12.1 Å². The average Bonchev–Trinajstić information content (AvgIpc) is 3.02. The van der Waals surface area contributed by atoms with Gasteiger partial charge in [0.25, 0.3) is 5.91 Å². The number of hydrogen-bond acceptors (Lipinski definition) is 5. The molecule has 1 heterocycles. The molecule has 0 radical (unpaired) electrons. The maximum Gasteiger partial charge on any atom is 0.261 e. The summed E-state index contributed by atoms with van der Waals surface area (Å²) < 4.78 is 5.66. The summed E-state index contributed by atoms with van der Waals surface area (Å²) in [6, 6.07) is 3.99. The van der Waals surface area contributed by atoms with Crippen molar-refractivity contribution in [1.82, 2.24) is 5.32 Å². The number of carbonyl (C=O) groups is 1. The Labute approximate surface area is 182 Å². The van der Waals surface area contributed by atoms with Gasteiger partial charge in [-0.05, 0) is 72.3 Å². The fourth-order valence-electron chi connectivity index (χ4n) is 5.18. The maximum atomic E-state index is 12.9. The van der Waals surface area contributed by atoms with Crippen molar-refractivity contribution in [2.24, 2.45) is 11.3 Å². The van der Waals surface area contributed by atoms with Crippen molar-refractivity contribution in [3.05, 3.63) is 49.7 Å². The quantitative estimate of drug-likeness (QED) is 0.628. The number of benzene rings is 1. The first-order valence-corrected chi connectivity index (χ1v) is 11.4. The van der Waals surface area contributed by atoms with Gasteiger partial charge in [-0.3, -0.25) is 4.79 Å². The zero-order chi connectivity index (χ0) is 21.8. The van der Waals surface area contributed by atoms with Gasteiger partial charge in [0, 0.05) is 11.4 Å². The zero-order valence-corrected chi connectivity index (χ0v) is 19.2. The van der Waals surface area contributed by atoms with Crippen LogP contribution in [0.3, 0.4) is 0 Å². The first kappa shape index (κ1) is 21.3. The lowest BCUT2D eigenvalue weighted by Gasteiger charge is -2.16. The van der Waals surface area contributed by atoms with E-state index in [0.29, 0.717) is 29.5 Å². The van der Waals surface area contributed by atoms with Crippen LogP contribution >= 0.6 is 11.3 Å². The minimum absolute atomic E-state index is 0.0187. The highest BCUT2D eigenvalue weighted by Gasteiger charge is 2.63. The first-order valence-electron chi connectivity index (χ1n) is 10.6. The Morgan fingerprint density at radius 1 is 1.30 bits per heavy atom. The maximum absolute atomic E-state index is 12.9. The number of aliphatic hydroxyl groups is 2. The topological polar surface area (TPSA) is 78.8 Å². The van der Waals surface area contributed by atoms with Gasteiger partial charge in [-0.1, -0.05) is 26.0 Å². The molecule has 4 rings (SSSR count). The van der Waals surface area contributed by atoms with Crippen LogP contribution in [-0.4, -0.2) is 35.4 Å². The summed E-state index contributed by atoms with van der Waals surface area (Å²) in [4.78, 5) is 15.1. The second-order valence-corrected chi connectivity index (χ2v) is 10.6. The summed E-state index contributed by atoms with van der Waals surface area (Å²) in [6.07, 6.45) is 0.139. The van der Waals surface area contributed by atoms with Gasteiger partial charge in [-0.15, -0.1) is 11.3 Å². The molecule has 0 unspecified atom stereocenters. The highest BCUT2D eigenvalue weighted by molar-refractivity contribution is 7.14. The number of nitrogens with one attached hydrogen (secondary N) is 1. The fraction of sp³-hybridized carbons (Fsp3) is 0.542. The standard InChI is InChI=1S/C24H31NO4S/c1-12-6-15(7-13(2)21(12)29-11-16(27)10-26)9-25-23(28)22-17-8-18-20(24(18,4)5)19(17)14(3)30-22/h6-7,16,18,20,26-27H,8-11H2,1-5H3,(H,25,28)/t16-,18-,20-/m1/s1. The van der Waals surface area contributed by atoms with E-state index in [1.54, 1.807) is 11.3 Å². The van der Waals surface area contributed by atoms with E-state index < -0.39 is 6.10 Å². The van der Waals surface area contributed by atoms with Crippen LogP contribution in [0.5, 0.6) is 5.75 Å². The lowest BCUT2D eigenvalue weighted by atomic mass is 9.95. The summed E-state index contributed by atoms with van der Waals surface area (Å²) in [6.45, 7) is 10.9. The predicted molar refractivity (Wildman–Crippen MR) is 118 cm³/mol. The van der Waals surface area contributed by atoms with Crippen molar-refractivity contribution in [3.63, 3.8) is 0 Å². The summed E-state index contributed by atoms with van der Waals surface area (Å²) in [5.41, 5.74) is 6.02. The van der Waals surface area contributed by atoms with Crippen LogP contribution in [0.25, 0.3) is 0 Å². The Hall–Kier alpha value is -1.89. The number of rotatable bonds is 7. The van der Waals surface area contributed by atoms with Crippen molar-refractivity contribution < 1.29 is 19.7 Å². The van der Waals surface area contributed by atoms with E-state index in [1.165, 1.54) is 16.0 Å². The van der Waals surface area contributed by atoms with Crippen LogP contribution < -0.4 is 10.1 Å². The highest BCUT2D eigenvalue weighted by Crippen LogP contribution is 2.71. The normalized spacial score (nSPS) is 21.7. The van der Waals surface area contributed by atoms with Crippen LogP contribution in [0.2, 0.25) is 0 Å². The van der Waals surface area contributed by atoms with Crippen molar-refractivity contribution in [3.8, 4) is 5.75 Å². The lowest BCUT2D eigenvalue weighted by molar-refractivity contribution is 0.0531. The van der Waals surface area contributed by atoms with E-state index in [2.05, 4.69) is 26.1 Å². The van der Waals surface area contributed by atoms with E-state index in [4.69, 9.17) is 9.84 Å². The number of aliphatic hydroxyl groups excluding tert-OH is 2. The molecule has 2 aromatic rings. The van der Waals surface area contributed by atoms with Gasteiger partial charge >= 0.3 is 0 Å². The van der Waals surface area contributed by atoms with Crippen LogP contribution in [0, 0.1) is 32.1 Å². The molecule has 1 amide bonds. The van der Waals surface area contributed by atoms with E-state index in [0.717, 1.165) is 28.0 Å². The SMILES string of the molecule is Cc1cc(CNC(=O)c2sc(C)c3c2C[C@@H]2[C@H]3C2(C)C)cc(C)c1OC[C@H](O)CO. The van der Waals surface area contributed by atoms with Gasteiger partial charge in [0.1, 0.15) is 18.5 Å². The monoisotopic (exact) mass is 429 g/mol. The number of amides is 1. The second kappa shape index (κ2) is 7.66. The third-order valence-electron chi connectivity index (χ3n) is 6.83. The number of fused-ring (bicyclic) bond motifs is 3. The molecule has 162 valence electrons. The van der Waals surface area contributed by atoms with Crippen LogP contribution in [0.4, 0.5) is 0 Å². The molecule has 3 atom stereocenters. The molecule has 1 fully saturated rings. The van der Waals surface area contributed by atoms with Gasteiger partial charge < -0.3 is 20.3 Å². The summed E-state index contributed by atoms with van der Waals surface area (Å²) in [7, 11) is 0. The zero-order valence-electron chi connectivity index (χ0n) is 18.3. The predicted octanol–water partition coefficient (Wildman–Crippen LogP) is 3.63. The van der Waals surface area contributed by atoms with Gasteiger partial charge in [-0.25, -0.2) is 0 Å². The Bertz CT molecular complexity index is 970. The molecule has 0 saturated heterocycles. The highest BCUT2D eigenvalue weighted by atomic mass is 32.1. The fourth-order valence-corrected chi connectivity index (χ4v) is 6.33. The molecule has 0 spiro atoms. The van der Waals surface area contributed by atoms with E-state index in [-0.39, 0.29) is 19.1 Å². The van der Waals surface area contributed by atoms with Crippen molar-refractivity contribution in [2.45, 2.75) is 59.6 Å². The average molecular weight is 430 g/mol. The molecule has 30 heavy (non-hydrogen) atoms. The minimum atomic E-state index is -0.893. The third-order valence-corrected chi connectivity index (χ3v) is 7.99. The van der Waals surface area contributed by atoms with Crippen molar-refractivity contribution in [1.29, 1.82) is 0 Å². The summed E-state index contributed by atoms with van der Waals surface area (Å²) >= 11 is 1.64. The summed E-state index contributed by atoms with van der Waals surface area (Å²) in [5, 5.41) is 21.5. The molecule has 2 aliphatic rings. The molecule has 1 aromatic carbocycles. The molecule has 0 bridgehead atoms. The largest absolute Gasteiger partial charge is 0.490 e. The molecule has 3 N–H and O–H groups in total. The van der Waals surface area contributed by atoms with E-state index >= 15 is 0 Å². The van der Waals surface area contributed by atoms with Gasteiger partial charge in [0.2, 0.25) is 0 Å². The Balaban J connectivity index is 1.43. The minimum Gasteiger partial charge on any atom is -0.490 e. The smallest absolute Gasteiger partial charge is 0.261 e. The number of carbonyl (C=O) groups excluding carboxylic acids is 1. The number of aryl methyl sites for hydroxylation is 3.